The van der Waals surface area contributed by atoms with Crippen LogP contribution in [0.1, 0.15) is 50.3 Å². The van der Waals surface area contributed by atoms with Crippen molar-refractivity contribution in [1.29, 1.82) is 0 Å². The molecule has 1 saturated heterocycles. The number of pyridine rings is 1. The first-order valence-corrected chi connectivity index (χ1v) is 9.90. The summed E-state index contributed by atoms with van der Waals surface area (Å²) in [6.45, 7) is 1.81. The van der Waals surface area contributed by atoms with Gasteiger partial charge in [0.15, 0.2) is 0 Å². The highest BCUT2D eigenvalue weighted by Gasteiger charge is 2.25. The molecule has 2 fully saturated rings. The summed E-state index contributed by atoms with van der Waals surface area (Å²) in [4.78, 5) is 19.2. The summed E-state index contributed by atoms with van der Waals surface area (Å²) in [6.07, 6.45) is 10.4. The van der Waals surface area contributed by atoms with Gasteiger partial charge < -0.3 is 9.64 Å². The largest absolute Gasteiger partial charge is 0.376 e. The molecule has 1 aliphatic heterocycles. The van der Waals surface area contributed by atoms with Crippen molar-refractivity contribution in [3.63, 3.8) is 0 Å². The van der Waals surface area contributed by atoms with Crippen molar-refractivity contribution in [1.82, 2.24) is 19.7 Å². The first-order chi connectivity index (χ1) is 13.3. The second-order valence-electron chi connectivity index (χ2n) is 7.37. The number of aromatic nitrogens is 3. The third-order valence-corrected chi connectivity index (χ3v) is 5.39. The number of carbonyl (C=O) groups excluding carboxylic acids is 1. The number of urea groups is 1. The lowest BCUT2D eigenvalue weighted by atomic mass is 10.2. The lowest BCUT2D eigenvalue weighted by Gasteiger charge is -2.26. The number of ether oxygens (including phenoxy) is 1. The Morgan fingerprint density at radius 1 is 1.19 bits per heavy atom. The van der Waals surface area contributed by atoms with Gasteiger partial charge in [0.05, 0.1) is 30.6 Å². The van der Waals surface area contributed by atoms with Gasteiger partial charge in [0, 0.05) is 25.4 Å². The molecule has 0 radical (unpaired) electrons. The van der Waals surface area contributed by atoms with Gasteiger partial charge in [-0.3, -0.25) is 10.3 Å². The van der Waals surface area contributed by atoms with Crippen molar-refractivity contribution < 1.29 is 9.53 Å². The first kappa shape index (κ1) is 18.0. The minimum Gasteiger partial charge on any atom is -0.376 e. The lowest BCUT2D eigenvalue weighted by molar-refractivity contribution is 0.0816. The van der Waals surface area contributed by atoms with Crippen LogP contribution in [0.4, 0.5) is 10.6 Å². The molecule has 2 aliphatic rings. The Kier molecular flexibility index (Phi) is 5.67. The Morgan fingerprint density at radius 2 is 2.07 bits per heavy atom. The second kappa shape index (κ2) is 8.52. The molecule has 3 heterocycles. The summed E-state index contributed by atoms with van der Waals surface area (Å²) in [5, 5.41) is 7.51. The summed E-state index contributed by atoms with van der Waals surface area (Å²) in [5.41, 5.74) is 0.870. The Labute approximate surface area is 159 Å². The van der Waals surface area contributed by atoms with Crippen molar-refractivity contribution in [2.75, 3.05) is 18.5 Å². The molecule has 2 amide bonds. The predicted molar refractivity (Wildman–Crippen MR) is 102 cm³/mol. The van der Waals surface area contributed by atoms with Crippen LogP contribution in [0.15, 0.2) is 36.7 Å². The molecule has 0 aromatic carbocycles. The molecule has 27 heavy (non-hydrogen) atoms. The zero-order valence-electron chi connectivity index (χ0n) is 15.6. The fourth-order valence-corrected chi connectivity index (χ4v) is 3.98. The monoisotopic (exact) mass is 369 g/mol. The Morgan fingerprint density at radius 3 is 2.81 bits per heavy atom. The average Bonchev–Trinajstić information content (AvgIpc) is 3.44. The zero-order valence-corrected chi connectivity index (χ0v) is 15.6. The van der Waals surface area contributed by atoms with E-state index in [0.717, 1.165) is 43.8 Å². The third-order valence-electron chi connectivity index (χ3n) is 5.39. The summed E-state index contributed by atoms with van der Waals surface area (Å²) >= 11 is 0. The molecule has 1 aliphatic carbocycles. The van der Waals surface area contributed by atoms with Crippen molar-refractivity contribution >= 4 is 11.8 Å². The van der Waals surface area contributed by atoms with Crippen LogP contribution >= 0.6 is 0 Å². The van der Waals surface area contributed by atoms with Gasteiger partial charge in [-0.25, -0.2) is 9.48 Å². The molecule has 2 aromatic heterocycles. The molecule has 1 N–H and O–H groups in total. The average molecular weight is 369 g/mol. The van der Waals surface area contributed by atoms with E-state index in [9.17, 15) is 4.79 Å². The van der Waals surface area contributed by atoms with Crippen LogP contribution in [0.25, 0.3) is 0 Å². The fraction of sp³-hybridized carbons (Fsp3) is 0.550. The van der Waals surface area contributed by atoms with Gasteiger partial charge in [-0.05, 0) is 37.8 Å². The number of rotatable bonds is 6. The molecule has 0 unspecified atom stereocenters. The van der Waals surface area contributed by atoms with E-state index in [1.165, 1.54) is 12.8 Å². The molecule has 1 atom stereocenters. The van der Waals surface area contributed by atoms with Gasteiger partial charge in [0.1, 0.15) is 5.82 Å². The van der Waals surface area contributed by atoms with Gasteiger partial charge >= 0.3 is 6.03 Å². The van der Waals surface area contributed by atoms with Crippen LogP contribution in [-0.2, 0) is 11.3 Å². The molecule has 1 saturated carbocycles. The topological polar surface area (TPSA) is 72.3 Å². The van der Waals surface area contributed by atoms with Crippen molar-refractivity contribution in [2.24, 2.45) is 0 Å². The van der Waals surface area contributed by atoms with Crippen LogP contribution in [-0.4, -0.2) is 45.0 Å². The van der Waals surface area contributed by atoms with Crippen molar-refractivity contribution in [3.05, 3.63) is 42.4 Å². The highest BCUT2D eigenvalue weighted by molar-refractivity contribution is 5.88. The van der Waals surface area contributed by atoms with E-state index in [1.54, 1.807) is 17.3 Å². The summed E-state index contributed by atoms with van der Waals surface area (Å²) in [5.74, 6) is 0.769. The van der Waals surface area contributed by atoms with Crippen LogP contribution in [0, 0.1) is 0 Å². The van der Waals surface area contributed by atoms with E-state index in [0.29, 0.717) is 19.1 Å². The SMILES string of the molecule is O=C(Nc1ccnn1C1CCCC1)N(Cc1ccccn1)C[C@@H]1CCCO1. The number of amides is 2. The second-order valence-corrected chi connectivity index (χ2v) is 7.37. The number of carbonyl (C=O) groups is 1. The van der Waals surface area contributed by atoms with E-state index in [4.69, 9.17) is 4.74 Å². The molecular weight excluding hydrogens is 342 g/mol. The van der Waals surface area contributed by atoms with Gasteiger partial charge in [0.25, 0.3) is 0 Å². The fourth-order valence-electron chi connectivity index (χ4n) is 3.98. The standard InChI is InChI=1S/C20H27N5O2/c26-20(23-19-10-12-22-25(19)17-7-1-2-8-17)24(15-18-9-5-13-27-18)14-16-6-3-4-11-21-16/h3-4,6,10-12,17-18H,1-2,5,7-9,13-15H2,(H,23,26)/t18-/m0/s1. The third kappa shape index (κ3) is 4.47. The number of nitrogens with zero attached hydrogens (tertiary/aromatic N) is 4. The van der Waals surface area contributed by atoms with E-state index in [2.05, 4.69) is 15.4 Å². The molecule has 7 nitrogen and oxygen atoms in total. The smallest absolute Gasteiger partial charge is 0.323 e. The summed E-state index contributed by atoms with van der Waals surface area (Å²) < 4.78 is 7.72. The van der Waals surface area contributed by atoms with Crippen LogP contribution < -0.4 is 5.32 Å². The van der Waals surface area contributed by atoms with Gasteiger partial charge in [-0.2, -0.15) is 5.10 Å². The van der Waals surface area contributed by atoms with E-state index < -0.39 is 0 Å². The van der Waals surface area contributed by atoms with E-state index >= 15 is 0 Å². The van der Waals surface area contributed by atoms with E-state index in [1.807, 2.05) is 28.9 Å². The van der Waals surface area contributed by atoms with Gasteiger partial charge in [0.2, 0.25) is 0 Å². The molecule has 0 spiro atoms. The molecule has 0 bridgehead atoms. The number of hydrogen-bond acceptors (Lipinski definition) is 4. The van der Waals surface area contributed by atoms with E-state index in [-0.39, 0.29) is 12.1 Å². The zero-order chi connectivity index (χ0) is 18.5. The Bertz CT molecular complexity index is 736. The van der Waals surface area contributed by atoms with Crippen LogP contribution in [0.5, 0.6) is 0 Å². The maximum atomic E-state index is 13.1. The summed E-state index contributed by atoms with van der Waals surface area (Å²) in [6, 6.07) is 7.90. The van der Waals surface area contributed by atoms with Crippen LogP contribution in [0.2, 0.25) is 0 Å². The molecular formula is C20H27N5O2. The minimum absolute atomic E-state index is 0.0965. The quantitative estimate of drug-likeness (QED) is 0.844. The predicted octanol–water partition coefficient (Wildman–Crippen LogP) is 3.61. The number of hydrogen-bond donors (Lipinski definition) is 1. The molecule has 4 rings (SSSR count). The highest BCUT2D eigenvalue weighted by atomic mass is 16.5. The molecule has 144 valence electrons. The van der Waals surface area contributed by atoms with Crippen LogP contribution in [0.3, 0.4) is 0 Å². The van der Waals surface area contributed by atoms with Crippen molar-refractivity contribution in [3.8, 4) is 0 Å². The van der Waals surface area contributed by atoms with Gasteiger partial charge in [-0.1, -0.05) is 18.9 Å². The normalized spacial score (nSPS) is 20.1. The Balaban J connectivity index is 1.47. The maximum Gasteiger partial charge on any atom is 0.323 e. The maximum absolute atomic E-state index is 13.1. The van der Waals surface area contributed by atoms with Gasteiger partial charge in [-0.15, -0.1) is 0 Å². The molecule has 7 heteroatoms. The highest BCUT2D eigenvalue weighted by Crippen LogP contribution is 2.31. The minimum atomic E-state index is -0.129. The van der Waals surface area contributed by atoms with Crippen molar-refractivity contribution in [2.45, 2.75) is 57.2 Å². The number of nitrogens with one attached hydrogen (secondary N) is 1. The first-order valence-electron chi connectivity index (χ1n) is 9.90. The Hall–Kier alpha value is -2.41. The summed E-state index contributed by atoms with van der Waals surface area (Å²) in [7, 11) is 0. The lowest BCUT2D eigenvalue weighted by Crippen LogP contribution is -2.40. The number of anilines is 1. The molecule has 2 aromatic rings.